The van der Waals surface area contributed by atoms with E-state index >= 15 is 0 Å². The molecule has 1 unspecified atom stereocenters. The molecule has 5 nitrogen and oxygen atoms in total. The van der Waals surface area contributed by atoms with Gasteiger partial charge in [-0.1, -0.05) is 28.1 Å². The zero-order chi connectivity index (χ0) is 15.4. The maximum atomic E-state index is 11.8. The molecule has 0 spiro atoms. The van der Waals surface area contributed by atoms with Crippen molar-refractivity contribution in [2.24, 2.45) is 5.73 Å². The summed E-state index contributed by atoms with van der Waals surface area (Å²) in [4.78, 5) is 18.3. The van der Waals surface area contributed by atoms with Crippen LogP contribution in [0.4, 0.5) is 0 Å². The van der Waals surface area contributed by atoms with Gasteiger partial charge in [-0.05, 0) is 26.2 Å². The van der Waals surface area contributed by atoms with Gasteiger partial charge in [-0.15, -0.1) is 0 Å². The number of benzene rings is 1. The van der Waals surface area contributed by atoms with Gasteiger partial charge in [0.25, 0.3) is 0 Å². The van der Waals surface area contributed by atoms with Gasteiger partial charge in [0.2, 0.25) is 5.91 Å². The van der Waals surface area contributed by atoms with Gasteiger partial charge in [0.15, 0.2) is 0 Å². The van der Waals surface area contributed by atoms with Crippen molar-refractivity contribution in [1.29, 1.82) is 0 Å². The van der Waals surface area contributed by atoms with Crippen LogP contribution in [0.2, 0.25) is 0 Å². The van der Waals surface area contributed by atoms with Crippen molar-refractivity contribution >= 4 is 32.7 Å². The van der Waals surface area contributed by atoms with Crippen LogP contribution in [-0.2, 0) is 4.79 Å². The van der Waals surface area contributed by atoms with Crippen molar-refractivity contribution in [3.05, 3.63) is 40.5 Å². The second-order valence-electron chi connectivity index (χ2n) is 5.13. The number of nitrogens with zero attached hydrogens (tertiary/aromatic N) is 2. The Labute approximate surface area is 132 Å². The van der Waals surface area contributed by atoms with Gasteiger partial charge in [-0.2, -0.15) is 0 Å². The van der Waals surface area contributed by atoms with Crippen molar-refractivity contribution in [3.8, 4) is 0 Å². The molecule has 1 aromatic carbocycles. The molecule has 0 radical (unpaired) electrons. The molecule has 0 aliphatic carbocycles. The molecule has 2 aromatic rings. The van der Waals surface area contributed by atoms with Crippen molar-refractivity contribution in [1.82, 2.24) is 15.2 Å². The Bertz CT molecular complexity index is 645. The number of likely N-dealkylation sites (N-methyl/N-ethyl adjacent to an activating group) is 1. The molecule has 1 heterocycles. The number of halogens is 1. The van der Waals surface area contributed by atoms with Gasteiger partial charge in [-0.25, -0.2) is 0 Å². The third-order valence-electron chi connectivity index (χ3n) is 3.25. The summed E-state index contributed by atoms with van der Waals surface area (Å²) in [7, 11) is 3.97. The van der Waals surface area contributed by atoms with Gasteiger partial charge in [-0.3, -0.25) is 9.78 Å². The molecule has 1 amide bonds. The highest BCUT2D eigenvalue weighted by Gasteiger charge is 2.20. The first-order chi connectivity index (χ1) is 10.0. The third-order valence-corrected chi connectivity index (χ3v) is 3.94. The Morgan fingerprint density at radius 1 is 1.43 bits per heavy atom. The molecule has 1 atom stereocenters. The van der Waals surface area contributed by atoms with Crippen LogP contribution in [-0.4, -0.2) is 43.0 Å². The molecule has 21 heavy (non-hydrogen) atoms. The Balaban J connectivity index is 2.37. The van der Waals surface area contributed by atoms with E-state index in [0.717, 1.165) is 27.5 Å². The second-order valence-corrected chi connectivity index (χ2v) is 5.98. The number of carbonyl (C=O) groups is 1. The number of nitrogens with one attached hydrogen (secondary N) is 1. The lowest BCUT2D eigenvalue weighted by molar-refractivity contribution is -0.120. The quantitative estimate of drug-likeness (QED) is 0.831. The van der Waals surface area contributed by atoms with E-state index in [4.69, 9.17) is 5.73 Å². The number of fused-ring (bicyclic) bond motifs is 1. The molecular formula is C15H19BrN4O. The normalized spacial score (nSPS) is 12.8. The number of carbonyl (C=O) groups excluding carboxylic acids is 1. The Hall–Kier alpha value is -1.50. The van der Waals surface area contributed by atoms with Crippen LogP contribution in [0, 0.1) is 0 Å². The number of pyridine rings is 1. The number of rotatable bonds is 6. The summed E-state index contributed by atoms with van der Waals surface area (Å²) in [5.74, 6) is -0.400. The van der Waals surface area contributed by atoms with E-state index in [0.29, 0.717) is 6.54 Å². The largest absolute Gasteiger partial charge is 0.368 e. The minimum Gasteiger partial charge on any atom is -0.368 e. The molecule has 0 fully saturated rings. The molecule has 6 heteroatoms. The second kappa shape index (κ2) is 6.98. The first-order valence-electron chi connectivity index (χ1n) is 6.71. The summed E-state index contributed by atoms with van der Waals surface area (Å²) in [5, 5.41) is 4.18. The number of amides is 1. The van der Waals surface area contributed by atoms with Crippen LogP contribution in [0.5, 0.6) is 0 Å². The fraction of sp³-hybridized carbons (Fsp3) is 0.333. The maximum Gasteiger partial charge on any atom is 0.239 e. The summed E-state index contributed by atoms with van der Waals surface area (Å²) in [5.41, 5.74) is 7.15. The summed E-state index contributed by atoms with van der Waals surface area (Å²) in [6, 6.07) is 7.10. The summed E-state index contributed by atoms with van der Waals surface area (Å²) in [6.45, 7) is 1.50. The average Bonchev–Trinajstić information content (AvgIpc) is 2.45. The van der Waals surface area contributed by atoms with E-state index in [2.05, 4.69) is 26.2 Å². The van der Waals surface area contributed by atoms with Crippen LogP contribution in [0.1, 0.15) is 11.6 Å². The SMILES string of the molecule is CN(C)CCNC(C(N)=O)c1ccc(Br)c2cccnc12. The number of aromatic nitrogens is 1. The third kappa shape index (κ3) is 3.78. The van der Waals surface area contributed by atoms with Crippen LogP contribution in [0.25, 0.3) is 10.9 Å². The van der Waals surface area contributed by atoms with Crippen molar-refractivity contribution in [2.45, 2.75) is 6.04 Å². The lowest BCUT2D eigenvalue weighted by Crippen LogP contribution is -2.37. The first-order valence-corrected chi connectivity index (χ1v) is 7.50. The molecule has 0 aliphatic rings. The zero-order valence-electron chi connectivity index (χ0n) is 12.1. The predicted molar refractivity (Wildman–Crippen MR) is 87.9 cm³/mol. The minimum atomic E-state index is -0.546. The van der Waals surface area contributed by atoms with Crippen LogP contribution < -0.4 is 11.1 Å². The van der Waals surface area contributed by atoms with Gasteiger partial charge in [0, 0.05) is 34.7 Å². The first kappa shape index (κ1) is 15.9. The maximum absolute atomic E-state index is 11.8. The summed E-state index contributed by atoms with van der Waals surface area (Å²) < 4.78 is 0.950. The minimum absolute atomic E-state index is 0.400. The van der Waals surface area contributed by atoms with Gasteiger partial charge >= 0.3 is 0 Å². The fourth-order valence-electron chi connectivity index (χ4n) is 2.19. The molecule has 112 valence electrons. The highest BCUT2D eigenvalue weighted by Crippen LogP contribution is 2.28. The number of hydrogen-bond donors (Lipinski definition) is 2. The molecular weight excluding hydrogens is 332 g/mol. The highest BCUT2D eigenvalue weighted by atomic mass is 79.9. The van der Waals surface area contributed by atoms with Gasteiger partial charge in [0.05, 0.1) is 5.52 Å². The molecule has 0 saturated carbocycles. The smallest absolute Gasteiger partial charge is 0.239 e. The van der Waals surface area contributed by atoms with Gasteiger partial charge < -0.3 is 16.0 Å². The van der Waals surface area contributed by atoms with E-state index in [9.17, 15) is 4.79 Å². The van der Waals surface area contributed by atoms with Gasteiger partial charge in [0.1, 0.15) is 6.04 Å². The van der Waals surface area contributed by atoms with Crippen LogP contribution in [0.3, 0.4) is 0 Å². The highest BCUT2D eigenvalue weighted by molar-refractivity contribution is 9.10. The predicted octanol–water partition coefficient (Wildman–Crippen LogP) is 1.67. The Kier molecular flexibility index (Phi) is 5.27. The lowest BCUT2D eigenvalue weighted by atomic mass is 10.0. The van der Waals surface area contributed by atoms with Crippen molar-refractivity contribution in [3.63, 3.8) is 0 Å². The Morgan fingerprint density at radius 3 is 2.86 bits per heavy atom. The summed E-state index contributed by atoms with van der Waals surface area (Å²) >= 11 is 3.51. The molecule has 0 aliphatic heterocycles. The number of primary amides is 1. The van der Waals surface area contributed by atoms with E-state index in [1.54, 1.807) is 6.20 Å². The standard InChI is InChI=1S/C15H19BrN4O/c1-20(2)9-8-19-14(15(17)21)11-5-6-12(16)10-4-3-7-18-13(10)11/h3-7,14,19H,8-9H2,1-2H3,(H2,17,21). The van der Waals surface area contributed by atoms with Crippen molar-refractivity contribution in [2.75, 3.05) is 27.2 Å². The lowest BCUT2D eigenvalue weighted by Gasteiger charge is -2.19. The fourth-order valence-corrected chi connectivity index (χ4v) is 2.64. The van der Waals surface area contributed by atoms with Crippen LogP contribution >= 0.6 is 15.9 Å². The molecule has 1 aromatic heterocycles. The topological polar surface area (TPSA) is 71.2 Å². The Morgan fingerprint density at radius 2 is 2.19 bits per heavy atom. The molecule has 3 N–H and O–H groups in total. The molecule has 2 rings (SSSR count). The summed E-state index contributed by atoms with van der Waals surface area (Å²) in [6.07, 6.45) is 1.72. The average molecular weight is 351 g/mol. The zero-order valence-corrected chi connectivity index (χ0v) is 13.7. The molecule has 0 bridgehead atoms. The van der Waals surface area contributed by atoms with E-state index in [1.807, 2.05) is 43.3 Å². The van der Waals surface area contributed by atoms with Crippen LogP contribution in [0.15, 0.2) is 34.9 Å². The number of hydrogen-bond acceptors (Lipinski definition) is 4. The van der Waals surface area contributed by atoms with E-state index in [-0.39, 0.29) is 0 Å². The van der Waals surface area contributed by atoms with Crippen molar-refractivity contribution < 1.29 is 4.79 Å². The van der Waals surface area contributed by atoms with E-state index in [1.165, 1.54) is 0 Å². The molecule has 0 saturated heterocycles. The number of nitrogens with two attached hydrogens (primary N) is 1. The monoisotopic (exact) mass is 350 g/mol. The van der Waals surface area contributed by atoms with E-state index < -0.39 is 11.9 Å².